The molecule has 1 heterocycles. The number of fused-ring (bicyclic) bond motifs is 1. The standard InChI is InChI=1S/C19H19N3O3S/c1-3-21-18(24)15-6-4-5-7-16(15)22(19(21)25)12-17(23)20-13-8-10-14(26-2)11-9-13/h4-11H,3,12H2,1-2H3,(H,20,23). The molecule has 0 aliphatic heterocycles. The monoisotopic (exact) mass is 369 g/mol. The van der Waals surface area contributed by atoms with Crippen LogP contribution in [0, 0.1) is 0 Å². The number of carbonyl (C=O) groups is 1. The summed E-state index contributed by atoms with van der Waals surface area (Å²) in [5.74, 6) is -0.324. The molecule has 0 aliphatic carbocycles. The van der Waals surface area contributed by atoms with Gasteiger partial charge < -0.3 is 5.32 Å². The summed E-state index contributed by atoms with van der Waals surface area (Å²) in [7, 11) is 0. The molecule has 0 saturated carbocycles. The molecular formula is C19H19N3O3S. The zero-order valence-electron chi connectivity index (χ0n) is 14.6. The van der Waals surface area contributed by atoms with Gasteiger partial charge in [0, 0.05) is 17.1 Å². The first-order chi connectivity index (χ1) is 12.5. The van der Waals surface area contributed by atoms with Gasteiger partial charge in [-0.25, -0.2) is 4.79 Å². The minimum Gasteiger partial charge on any atom is -0.325 e. The van der Waals surface area contributed by atoms with Crippen molar-refractivity contribution in [1.29, 1.82) is 0 Å². The van der Waals surface area contributed by atoms with Crippen molar-refractivity contribution in [1.82, 2.24) is 9.13 Å². The molecule has 2 aromatic carbocycles. The van der Waals surface area contributed by atoms with Gasteiger partial charge in [-0.05, 0) is 49.6 Å². The number of nitrogens with one attached hydrogen (secondary N) is 1. The lowest BCUT2D eigenvalue weighted by Gasteiger charge is -2.13. The van der Waals surface area contributed by atoms with Crippen LogP contribution in [0.4, 0.5) is 5.69 Å². The number of hydrogen-bond acceptors (Lipinski definition) is 4. The molecule has 0 unspecified atom stereocenters. The number of rotatable bonds is 5. The van der Waals surface area contributed by atoms with Gasteiger partial charge in [0.1, 0.15) is 6.54 Å². The zero-order chi connectivity index (χ0) is 18.7. The Kier molecular flexibility index (Phi) is 5.27. The molecule has 0 spiro atoms. The maximum absolute atomic E-state index is 12.6. The second-order valence-electron chi connectivity index (χ2n) is 5.71. The summed E-state index contributed by atoms with van der Waals surface area (Å²) in [6.07, 6.45) is 1.98. The van der Waals surface area contributed by atoms with Crippen LogP contribution >= 0.6 is 11.8 Å². The van der Waals surface area contributed by atoms with E-state index < -0.39 is 5.69 Å². The molecular weight excluding hydrogens is 350 g/mol. The second kappa shape index (κ2) is 7.61. The maximum atomic E-state index is 12.6. The summed E-state index contributed by atoms with van der Waals surface area (Å²) in [4.78, 5) is 38.6. The van der Waals surface area contributed by atoms with Gasteiger partial charge in [-0.2, -0.15) is 0 Å². The van der Waals surface area contributed by atoms with E-state index in [1.165, 1.54) is 4.57 Å². The Hall–Kier alpha value is -2.80. The third kappa shape index (κ3) is 3.43. The zero-order valence-corrected chi connectivity index (χ0v) is 15.4. The van der Waals surface area contributed by atoms with E-state index in [-0.39, 0.29) is 24.6 Å². The van der Waals surface area contributed by atoms with Gasteiger partial charge in [-0.15, -0.1) is 11.8 Å². The van der Waals surface area contributed by atoms with E-state index in [4.69, 9.17) is 0 Å². The Balaban J connectivity index is 1.96. The molecule has 1 N–H and O–H groups in total. The molecule has 3 rings (SSSR count). The average molecular weight is 369 g/mol. The van der Waals surface area contributed by atoms with Crippen LogP contribution in [0.25, 0.3) is 10.9 Å². The van der Waals surface area contributed by atoms with E-state index in [1.54, 1.807) is 43.0 Å². The molecule has 1 amide bonds. The first-order valence-electron chi connectivity index (χ1n) is 8.21. The van der Waals surface area contributed by atoms with Crippen LogP contribution < -0.4 is 16.6 Å². The van der Waals surface area contributed by atoms with Crippen molar-refractivity contribution in [2.45, 2.75) is 24.9 Å². The van der Waals surface area contributed by atoms with Crippen molar-refractivity contribution in [2.24, 2.45) is 0 Å². The summed E-state index contributed by atoms with van der Waals surface area (Å²) < 4.78 is 2.48. The Morgan fingerprint density at radius 1 is 1.04 bits per heavy atom. The van der Waals surface area contributed by atoms with Crippen LogP contribution in [-0.4, -0.2) is 21.3 Å². The van der Waals surface area contributed by atoms with E-state index in [0.29, 0.717) is 16.6 Å². The third-order valence-corrected chi connectivity index (χ3v) is 4.87. The highest BCUT2D eigenvalue weighted by molar-refractivity contribution is 7.98. The van der Waals surface area contributed by atoms with Crippen LogP contribution in [0.15, 0.2) is 63.0 Å². The van der Waals surface area contributed by atoms with Crippen LogP contribution in [0.5, 0.6) is 0 Å². The Morgan fingerprint density at radius 2 is 1.73 bits per heavy atom. The molecule has 134 valence electrons. The highest BCUT2D eigenvalue weighted by atomic mass is 32.2. The first-order valence-corrected chi connectivity index (χ1v) is 9.44. The third-order valence-electron chi connectivity index (χ3n) is 4.12. The van der Waals surface area contributed by atoms with Crippen molar-refractivity contribution < 1.29 is 4.79 Å². The SMILES string of the molecule is CCn1c(=O)c2ccccc2n(CC(=O)Nc2ccc(SC)cc2)c1=O. The molecule has 0 fully saturated rings. The number of anilines is 1. The lowest BCUT2D eigenvalue weighted by molar-refractivity contribution is -0.116. The lowest BCUT2D eigenvalue weighted by atomic mass is 10.2. The molecule has 1 aromatic heterocycles. The predicted molar refractivity (Wildman–Crippen MR) is 105 cm³/mol. The van der Waals surface area contributed by atoms with E-state index in [9.17, 15) is 14.4 Å². The molecule has 0 bridgehead atoms. The first kappa shape index (κ1) is 18.0. The van der Waals surface area contributed by atoms with E-state index in [1.807, 2.05) is 30.5 Å². The predicted octanol–water partition coefficient (Wildman–Crippen LogP) is 2.54. The van der Waals surface area contributed by atoms with Gasteiger partial charge in [-0.3, -0.25) is 18.7 Å². The summed E-state index contributed by atoms with van der Waals surface area (Å²) in [5, 5.41) is 3.21. The van der Waals surface area contributed by atoms with Gasteiger partial charge in [-0.1, -0.05) is 12.1 Å². The number of nitrogens with zero attached hydrogens (tertiary/aromatic N) is 2. The fourth-order valence-electron chi connectivity index (χ4n) is 2.82. The van der Waals surface area contributed by atoms with Crippen molar-refractivity contribution in [3.05, 3.63) is 69.4 Å². The molecule has 3 aromatic rings. The lowest BCUT2D eigenvalue weighted by Crippen LogP contribution is -2.41. The Bertz CT molecular complexity index is 1070. The normalized spacial score (nSPS) is 10.8. The highest BCUT2D eigenvalue weighted by Gasteiger charge is 2.14. The van der Waals surface area contributed by atoms with Gasteiger partial charge in [0.05, 0.1) is 10.9 Å². The van der Waals surface area contributed by atoms with Crippen LogP contribution in [-0.2, 0) is 17.9 Å². The molecule has 0 aliphatic rings. The van der Waals surface area contributed by atoms with Crippen LogP contribution in [0.2, 0.25) is 0 Å². The molecule has 26 heavy (non-hydrogen) atoms. The number of thioether (sulfide) groups is 1. The summed E-state index contributed by atoms with van der Waals surface area (Å²) in [5.41, 5.74) is 0.301. The number of para-hydroxylation sites is 1. The van der Waals surface area contributed by atoms with E-state index in [0.717, 1.165) is 9.46 Å². The number of carbonyl (C=O) groups excluding carboxylic acids is 1. The Morgan fingerprint density at radius 3 is 2.38 bits per heavy atom. The smallest absolute Gasteiger partial charge is 0.325 e. The molecule has 0 saturated heterocycles. The fourth-order valence-corrected chi connectivity index (χ4v) is 3.23. The van der Waals surface area contributed by atoms with Gasteiger partial charge in [0.25, 0.3) is 5.56 Å². The van der Waals surface area contributed by atoms with Crippen molar-refractivity contribution in [3.8, 4) is 0 Å². The largest absolute Gasteiger partial charge is 0.331 e. The minimum absolute atomic E-state index is 0.163. The van der Waals surface area contributed by atoms with Crippen molar-refractivity contribution in [3.63, 3.8) is 0 Å². The number of benzene rings is 2. The van der Waals surface area contributed by atoms with Crippen LogP contribution in [0.3, 0.4) is 0 Å². The number of amides is 1. The average Bonchev–Trinajstić information content (AvgIpc) is 2.66. The maximum Gasteiger partial charge on any atom is 0.331 e. The van der Waals surface area contributed by atoms with Crippen molar-refractivity contribution in [2.75, 3.05) is 11.6 Å². The van der Waals surface area contributed by atoms with E-state index >= 15 is 0 Å². The summed E-state index contributed by atoms with van der Waals surface area (Å²) >= 11 is 1.62. The van der Waals surface area contributed by atoms with Crippen molar-refractivity contribution >= 4 is 34.3 Å². The van der Waals surface area contributed by atoms with Crippen LogP contribution in [0.1, 0.15) is 6.92 Å². The second-order valence-corrected chi connectivity index (χ2v) is 6.59. The molecule has 7 heteroatoms. The highest BCUT2D eigenvalue weighted by Crippen LogP contribution is 2.17. The molecule has 0 atom stereocenters. The number of hydrogen-bond donors (Lipinski definition) is 1. The molecule has 6 nitrogen and oxygen atoms in total. The fraction of sp³-hybridized carbons (Fsp3) is 0.211. The number of aromatic nitrogens is 2. The minimum atomic E-state index is -0.482. The Labute approximate surface area is 154 Å². The van der Waals surface area contributed by atoms with E-state index in [2.05, 4.69) is 5.32 Å². The summed E-state index contributed by atoms with van der Waals surface area (Å²) in [6.45, 7) is 1.82. The van der Waals surface area contributed by atoms with Gasteiger partial charge >= 0.3 is 5.69 Å². The van der Waals surface area contributed by atoms with Gasteiger partial charge in [0.15, 0.2) is 0 Å². The van der Waals surface area contributed by atoms with Gasteiger partial charge in [0.2, 0.25) is 5.91 Å². The topological polar surface area (TPSA) is 73.1 Å². The molecule has 0 radical (unpaired) electrons. The quantitative estimate of drug-likeness (QED) is 0.702. The summed E-state index contributed by atoms with van der Waals surface area (Å²) in [6, 6.07) is 14.3.